The fraction of sp³-hybridized carbons (Fsp3) is 0.900. The molecule has 144 valence electrons. The fourth-order valence-electron chi connectivity index (χ4n) is 4.16. The van der Waals surface area contributed by atoms with E-state index in [1.807, 2.05) is 41.5 Å². The molecular weight excluding hydrogens is 320 g/mol. The van der Waals surface area contributed by atoms with E-state index in [1.54, 1.807) is 0 Å². The second-order valence-electron chi connectivity index (χ2n) is 9.45. The van der Waals surface area contributed by atoms with Gasteiger partial charge in [-0.3, -0.25) is 4.79 Å². The van der Waals surface area contributed by atoms with Crippen LogP contribution in [0.15, 0.2) is 0 Å². The van der Waals surface area contributed by atoms with Crippen molar-refractivity contribution in [2.75, 3.05) is 0 Å². The largest absolute Gasteiger partial charge is 0.509 e. The maximum atomic E-state index is 12.6. The summed E-state index contributed by atoms with van der Waals surface area (Å²) in [6.07, 6.45) is 4.90. The molecule has 4 unspecified atom stereocenters. The monoisotopic (exact) mass is 354 g/mol. The minimum Gasteiger partial charge on any atom is -0.460 e. The van der Waals surface area contributed by atoms with Crippen LogP contribution in [-0.2, 0) is 19.0 Å². The Kier molecular flexibility index (Phi) is 6.05. The van der Waals surface area contributed by atoms with Gasteiger partial charge in [0.2, 0.25) is 0 Å². The van der Waals surface area contributed by atoms with Crippen molar-refractivity contribution >= 4 is 12.1 Å². The molecule has 0 bridgehead atoms. The van der Waals surface area contributed by atoms with Gasteiger partial charge in [-0.1, -0.05) is 6.42 Å². The summed E-state index contributed by atoms with van der Waals surface area (Å²) in [5, 5.41) is 0. The molecule has 4 atom stereocenters. The van der Waals surface area contributed by atoms with Crippen LogP contribution < -0.4 is 0 Å². The van der Waals surface area contributed by atoms with Gasteiger partial charge in [-0.2, -0.15) is 0 Å². The van der Waals surface area contributed by atoms with Gasteiger partial charge in [0.25, 0.3) is 0 Å². The molecular formula is C20H34O5. The van der Waals surface area contributed by atoms with E-state index >= 15 is 0 Å². The highest BCUT2D eigenvalue weighted by atomic mass is 16.7. The van der Waals surface area contributed by atoms with Crippen molar-refractivity contribution in [1.82, 2.24) is 0 Å². The first kappa shape index (κ1) is 20.1. The van der Waals surface area contributed by atoms with Crippen LogP contribution in [0.2, 0.25) is 0 Å². The third kappa shape index (κ3) is 5.89. The number of ether oxygens (including phenoxy) is 3. The van der Waals surface area contributed by atoms with Crippen molar-refractivity contribution in [1.29, 1.82) is 0 Å². The van der Waals surface area contributed by atoms with Gasteiger partial charge in [0.05, 0.1) is 5.92 Å². The number of hydrogen-bond acceptors (Lipinski definition) is 5. The molecule has 2 fully saturated rings. The van der Waals surface area contributed by atoms with Crippen molar-refractivity contribution in [2.45, 2.75) is 97.4 Å². The molecule has 5 heteroatoms. The Hall–Kier alpha value is -1.26. The lowest BCUT2D eigenvalue weighted by Crippen LogP contribution is -2.45. The zero-order valence-electron chi connectivity index (χ0n) is 16.6. The standard InChI is InChI=1S/C20H34O5/c1-19(2,3)24-17(21)15-11-7-10-14-13(15)9-8-12-16(14)23-18(22)25-20(4,5)6/h13-16H,7-12H2,1-6H3. The Balaban J connectivity index is 2.03. The molecule has 0 aliphatic heterocycles. The van der Waals surface area contributed by atoms with Gasteiger partial charge in [-0.05, 0) is 85.5 Å². The zero-order valence-corrected chi connectivity index (χ0v) is 16.6. The molecule has 0 N–H and O–H groups in total. The Morgan fingerprint density at radius 1 is 0.760 bits per heavy atom. The highest BCUT2D eigenvalue weighted by Gasteiger charge is 2.45. The van der Waals surface area contributed by atoms with E-state index < -0.39 is 17.4 Å². The summed E-state index contributed by atoms with van der Waals surface area (Å²) in [5.74, 6) is 0.292. The number of hydrogen-bond donors (Lipinski definition) is 0. The molecule has 0 aromatic rings. The molecule has 0 radical (unpaired) electrons. The Morgan fingerprint density at radius 3 is 1.92 bits per heavy atom. The van der Waals surface area contributed by atoms with E-state index in [1.165, 1.54) is 0 Å². The van der Waals surface area contributed by atoms with Crippen LogP contribution >= 0.6 is 0 Å². The van der Waals surface area contributed by atoms with E-state index in [0.717, 1.165) is 38.5 Å². The highest BCUT2D eigenvalue weighted by Crippen LogP contribution is 2.45. The predicted molar refractivity (Wildman–Crippen MR) is 95.1 cm³/mol. The van der Waals surface area contributed by atoms with Crippen LogP contribution in [0.25, 0.3) is 0 Å². The summed E-state index contributed by atoms with van der Waals surface area (Å²) in [6, 6.07) is 0. The van der Waals surface area contributed by atoms with Gasteiger partial charge in [-0.15, -0.1) is 0 Å². The maximum absolute atomic E-state index is 12.6. The Morgan fingerprint density at radius 2 is 1.32 bits per heavy atom. The van der Waals surface area contributed by atoms with E-state index in [9.17, 15) is 9.59 Å². The van der Waals surface area contributed by atoms with Gasteiger partial charge in [-0.25, -0.2) is 4.79 Å². The van der Waals surface area contributed by atoms with Crippen LogP contribution in [0.3, 0.4) is 0 Å². The van der Waals surface area contributed by atoms with Crippen molar-refractivity contribution in [3.8, 4) is 0 Å². The first-order chi connectivity index (χ1) is 11.5. The van der Waals surface area contributed by atoms with Crippen LogP contribution in [0.5, 0.6) is 0 Å². The fourth-order valence-corrected chi connectivity index (χ4v) is 4.16. The minimum absolute atomic E-state index is 0.0805. The van der Waals surface area contributed by atoms with Crippen LogP contribution in [0.4, 0.5) is 4.79 Å². The molecule has 0 aromatic heterocycles. The molecule has 0 aromatic carbocycles. The molecule has 5 nitrogen and oxygen atoms in total. The normalized spacial score (nSPS) is 30.2. The first-order valence-corrected chi connectivity index (χ1v) is 9.59. The zero-order chi connectivity index (χ0) is 18.8. The Bertz CT molecular complexity index is 485. The predicted octanol–water partition coefficient (Wildman–Crippen LogP) is 4.86. The molecule has 25 heavy (non-hydrogen) atoms. The van der Waals surface area contributed by atoms with Crippen LogP contribution in [0, 0.1) is 17.8 Å². The van der Waals surface area contributed by atoms with E-state index in [2.05, 4.69) is 0 Å². The molecule has 2 aliphatic carbocycles. The van der Waals surface area contributed by atoms with Gasteiger partial charge < -0.3 is 14.2 Å². The summed E-state index contributed by atoms with van der Waals surface area (Å²) < 4.78 is 16.6. The summed E-state index contributed by atoms with van der Waals surface area (Å²) in [7, 11) is 0. The smallest absolute Gasteiger partial charge is 0.460 e. The highest BCUT2D eigenvalue weighted by molar-refractivity contribution is 5.73. The molecule has 2 rings (SSSR count). The Labute approximate surface area is 151 Å². The average Bonchev–Trinajstić information content (AvgIpc) is 2.43. The number of carbonyl (C=O) groups excluding carboxylic acids is 2. The second kappa shape index (κ2) is 7.55. The lowest BCUT2D eigenvalue weighted by Gasteiger charge is -2.44. The van der Waals surface area contributed by atoms with Gasteiger partial charge in [0.15, 0.2) is 0 Å². The number of esters is 1. The summed E-state index contributed by atoms with van der Waals surface area (Å²) >= 11 is 0. The quantitative estimate of drug-likeness (QED) is 0.662. The third-order valence-electron chi connectivity index (χ3n) is 4.97. The van der Waals surface area contributed by atoms with Crippen molar-refractivity contribution in [3.63, 3.8) is 0 Å². The van der Waals surface area contributed by atoms with Gasteiger partial charge >= 0.3 is 12.1 Å². The third-order valence-corrected chi connectivity index (χ3v) is 4.97. The molecule has 0 saturated heterocycles. The SMILES string of the molecule is CC(C)(C)OC(=O)OC1CCCC2C(C(=O)OC(C)(C)C)CCCC12. The summed E-state index contributed by atoms with van der Waals surface area (Å²) in [6.45, 7) is 11.2. The van der Waals surface area contributed by atoms with Gasteiger partial charge in [0.1, 0.15) is 17.3 Å². The molecule has 2 aliphatic rings. The van der Waals surface area contributed by atoms with E-state index in [0.29, 0.717) is 0 Å². The lowest BCUT2D eigenvalue weighted by atomic mass is 9.64. The lowest BCUT2D eigenvalue weighted by molar-refractivity contribution is -0.167. The van der Waals surface area contributed by atoms with Crippen LogP contribution in [-0.4, -0.2) is 29.4 Å². The van der Waals surface area contributed by atoms with E-state index in [4.69, 9.17) is 14.2 Å². The first-order valence-electron chi connectivity index (χ1n) is 9.59. The van der Waals surface area contributed by atoms with Gasteiger partial charge in [0, 0.05) is 0 Å². The minimum atomic E-state index is -0.599. The summed E-state index contributed by atoms with van der Waals surface area (Å²) in [5.41, 5.74) is -1.03. The number of carbonyl (C=O) groups is 2. The average molecular weight is 354 g/mol. The van der Waals surface area contributed by atoms with Crippen molar-refractivity contribution < 1.29 is 23.8 Å². The summed E-state index contributed by atoms with van der Waals surface area (Å²) in [4.78, 5) is 24.7. The maximum Gasteiger partial charge on any atom is 0.509 e. The second-order valence-corrected chi connectivity index (χ2v) is 9.45. The van der Waals surface area contributed by atoms with Crippen LogP contribution in [0.1, 0.15) is 80.1 Å². The van der Waals surface area contributed by atoms with E-state index in [-0.39, 0.29) is 29.8 Å². The molecule has 0 heterocycles. The van der Waals surface area contributed by atoms with Crippen molar-refractivity contribution in [2.24, 2.45) is 17.8 Å². The number of fused-ring (bicyclic) bond motifs is 1. The van der Waals surface area contributed by atoms with Crippen molar-refractivity contribution in [3.05, 3.63) is 0 Å². The topological polar surface area (TPSA) is 61.8 Å². The molecule has 0 spiro atoms. The number of rotatable bonds is 2. The molecule has 0 amide bonds. The molecule has 2 saturated carbocycles.